The molecule has 31 heavy (non-hydrogen) atoms. The average molecular weight is 425 g/mol. The highest BCUT2D eigenvalue weighted by Crippen LogP contribution is 2.21. The molecule has 11 nitrogen and oxygen atoms in total. The minimum atomic E-state index is -1.11. The van der Waals surface area contributed by atoms with Gasteiger partial charge in [0.15, 0.2) is 17.0 Å². The third-order valence-corrected chi connectivity index (χ3v) is 4.66. The largest absolute Gasteiger partial charge is 0.507 e. The quantitative estimate of drug-likeness (QED) is 0.349. The molecule has 2 aromatic heterocycles. The topological polar surface area (TPSA) is 190 Å². The van der Waals surface area contributed by atoms with E-state index in [0.29, 0.717) is 42.5 Å². The Bertz CT molecular complexity index is 1140. The number of carbonyl (C=O) groups excluding carboxylic acids is 1. The Morgan fingerprint density at radius 1 is 1.16 bits per heavy atom. The molecule has 0 saturated carbocycles. The number of carbonyl (C=O) groups is 2. The number of benzene rings is 1. The molecular weight excluding hydrogens is 402 g/mol. The van der Waals surface area contributed by atoms with Crippen LogP contribution < -0.4 is 16.8 Å². The Labute approximate surface area is 177 Å². The highest BCUT2D eigenvalue weighted by molar-refractivity contribution is 5.98. The lowest BCUT2D eigenvalue weighted by molar-refractivity contribution is -0.139. The van der Waals surface area contributed by atoms with Gasteiger partial charge in [-0.3, -0.25) is 4.79 Å². The second kappa shape index (κ2) is 9.20. The van der Waals surface area contributed by atoms with Crippen LogP contribution in [0.1, 0.15) is 41.4 Å². The molecule has 0 aliphatic rings. The summed E-state index contributed by atoms with van der Waals surface area (Å²) >= 11 is 0. The van der Waals surface area contributed by atoms with Crippen molar-refractivity contribution in [3.8, 4) is 5.75 Å². The molecule has 0 aliphatic carbocycles. The number of nitrogens with zero attached hydrogens (tertiary/aromatic N) is 4. The summed E-state index contributed by atoms with van der Waals surface area (Å²) in [7, 11) is 0. The van der Waals surface area contributed by atoms with E-state index in [1.165, 1.54) is 12.1 Å². The maximum atomic E-state index is 12.3. The molecule has 3 aromatic rings. The summed E-state index contributed by atoms with van der Waals surface area (Å²) in [4.78, 5) is 40.0. The minimum Gasteiger partial charge on any atom is -0.507 e. The number of fused-ring (bicyclic) bond motifs is 1. The van der Waals surface area contributed by atoms with E-state index < -0.39 is 17.9 Å². The lowest BCUT2D eigenvalue weighted by Gasteiger charge is -2.14. The highest BCUT2D eigenvalue weighted by atomic mass is 16.4. The number of hydrogen-bond donors (Lipinski definition) is 5. The third-order valence-electron chi connectivity index (χ3n) is 4.66. The summed E-state index contributed by atoms with van der Waals surface area (Å²) in [5, 5.41) is 21.9. The van der Waals surface area contributed by atoms with E-state index in [1.54, 1.807) is 12.3 Å². The number of nitrogens with two attached hydrogens (primary N) is 2. The van der Waals surface area contributed by atoms with Gasteiger partial charge < -0.3 is 27.0 Å². The van der Waals surface area contributed by atoms with Gasteiger partial charge in [0, 0.05) is 0 Å². The maximum absolute atomic E-state index is 12.3. The summed E-state index contributed by atoms with van der Waals surface area (Å²) < 4.78 is 0. The zero-order chi connectivity index (χ0) is 22.5. The molecule has 11 heteroatoms. The van der Waals surface area contributed by atoms with Gasteiger partial charge in [0.25, 0.3) is 5.91 Å². The Balaban J connectivity index is 1.70. The number of aromatic nitrogens is 4. The van der Waals surface area contributed by atoms with Crippen molar-refractivity contribution < 1.29 is 19.8 Å². The maximum Gasteiger partial charge on any atom is 0.326 e. The highest BCUT2D eigenvalue weighted by Gasteiger charge is 2.21. The van der Waals surface area contributed by atoms with E-state index in [2.05, 4.69) is 25.3 Å². The van der Waals surface area contributed by atoms with E-state index in [-0.39, 0.29) is 23.1 Å². The zero-order valence-corrected chi connectivity index (χ0v) is 16.9. The first-order valence-corrected chi connectivity index (χ1v) is 9.68. The van der Waals surface area contributed by atoms with Crippen molar-refractivity contribution in [2.45, 2.75) is 38.6 Å². The van der Waals surface area contributed by atoms with Crippen LogP contribution in [0.2, 0.25) is 0 Å². The molecule has 1 amide bonds. The van der Waals surface area contributed by atoms with Crippen molar-refractivity contribution in [3.63, 3.8) is 0 Å². The van der Waals surface area contributed by atoms with Crippen LogP contribution >= 0.6 is 0 Å². The molecule has 0 radical (unpaired) electrons. The SMILES string of the molecule is CCCC(NC(=O)c1ccc(CCc2cnc3nc(N)nc(N)c3n2)cc1O)C(=O)O. The number of hydrogen-bond acceptors (Lipinski definition) is 9. The summed E-state index contributed by atoms with van der Waals surface area (Å²) in [6, 6.07) is 3.62. The van der Waals surface area contributed by atoms with Crippen LogP contribution in [0.4, 0.5) is 11.8 Å². The molecule has 0 spiro atoms. The van der Waals surface area contributed by atoms with Crippen molar-refractivity contribution in [1.29, 1.82) is 0 Å². The van der Waals surface area contributed by atoms with Gasteiger partial charge in [-0.25, -0.2) is 14.8 Å². The first-order chi connectivity index (χ1) is 14.8. The Morgan fingerprint density at radius 3 is 2.61 bits per heavy atom. The second-order valence-corrected chi connectivity index (χ2v) is 7.01. The number of phenols is 1. The molecule has 0 fully saturated rings. The molecule has 0 bridgehead atoms. The Kier molecular flexibility index (Phi) is 6.43. The van der Waals surface area contributed by atoms with E-state index in [1.807, 2.05) is 6.92 Å². The van der Waals surface area contributed by atoms with Crippen LogP contribution in [0, 0.1) is 0 Å². The zero-order valence-electron chi connectivity index (χ0n) is 16.9. The molecular formula is C20H23N7O4. The molecule has 1 unspecified atom stereocenters. The number of nitrogen functional groups attached to an aromatic ring is 2. The van der Waals surface area contributed by atoms with Crippen LogP contribution in [0.25, 0.3) is 11.2 Å². The standard InChI is InChI=1S/C20H23N7O4/c1-2-3-13(19(30)31)25-18(29)12-7-5-10(8-14(12)28)4-6-11-9-23-17-15(24-11)16(21)26-20(22)27-17/h5,7-9,13,28H,2-4,6H2,1H3,(H,25,29)(H,30,31)(H4,21,22,23,26,27). The minimum absolute atomic E-state index is 0.0131. The fourth-order valence-corrected chi connectivity index (χ4v) is 3.08. The van der Waals surface area contributed by atoms with Crippen LogP contribution in [-0.2, 0) is 17.6 Å². The number of amides is 1. The molecule has 0 saturated heterocycles. The molecule has 1 aromatic carbocycles. The average Bonchev–Trinajstić information content (AvgIpc) is 2.72. The normalized spacial score (nSPS) is 11.9. The summed E-state index contributed by atoms with van der Waals surface area (Å²) in [5.41, 5.74) is 13.5. The molecule has 3 rings (SSSR count). The van der Waals surface area contributed by atoms with Crippen molar-refractivity contribution in [3.05, 3.63) is 41.2 Å². The Morgan fingerprint density at radius 2 is 1.94 bits per heavy atom. The van der Waals surface area contributed by atoms with Crippen LogP contribution in [0.15, 0.2) is 24.4 Å². The molecule has 0 aliphatic heterocycles. The van der Waals surface area contributed by atoms with Crippen molar-refractivity contribution in [2.24, 2.45) is 0 Å². The predicted molar refractivity (Wildman–Crippen MR) is 113 cm³/mol. The number of carboxylic acid groups (broad SMARTS) is 1. The van der Waals surface area contributed by atoms with E-state index >= 15 is 0 Å². The van der Waals surface area contributed by atoms with Gasteiger partial charge in [-0.05, 0) is 37.0 Å². The number of anilines is 2. The first kappa shape index (κ1) is 21.7. The van der Waals surface area contributed by atoms with E-state index in [9.17, 15) is 19.8 Å². The van der Waals surface area contributed by atoms with Gasteiger partial charge in [-0.1, -0.05) is 19.4 Å². The van der Waals surface area contributed by atoms with Crippen LogP contribution in [0.5, 0.6) is 5.75 Å². The number of aromatic hydroxyl groups is 1. The third kappa shape index (κ3) is 5.13. The first-order valence-electron chi connectivity index (χ1n) is 9.68. The number of carboxylic acids is 1. The molecule has 1 atom stereocenters. The van der Waals surface area contributed by atoms with Gasteiger partial charge >= 0.3 is 5.97 Å². The Hall–Kier alpha value is -4.02. The number of aliphatic carboxylic acids is 1. The van der Waals surface area contributed by atoms with Gasteiger partial charge in [0.1, 0.15) is 11.8 Å². The monoisotopic (exact) mass is 425 g/mol. The van der Waals surface area contributed by atoms with Crippen LogP contribution in [-0.4, -0.2) is 48.1 Å². The predicted octanol–water partition coefficient (Wildman–Crippen LogP) is 1.06. The van der Waals surface area contributed by atoms with Crippen molar-refractivity contribution in [1.82, 2.24) is 25.3 Å². The van der Waals surface area contributed by atoms with Gasteiger partial charge in [-0.2, -0.15) is 9.97 Å². The number of nitrogens with one attached hydrogen (secondary N) is 1. The lowest BCUT2D eigenvalue weighted by atomic mass is 10.0. The van der Waals surface area contributed by atoms with E-state index in [0.717, 1.165) is 5.56 Å². The van der Waals surface area contributed by atoms with Crippen molar-refractivity contribution in [2.75, 3.05) is 11.5 Å². The fourth-order valence-electron chi connectivity index (χ4n) is 3.08. The second-order valence-electron chi connectivity index (χ2n) is 7.01. The van der Waals surface area contributed by atoms with Crippen molar-refractivity contribution >= 4 is 34.8 Å². The number of aryl methyl sites for hydroxylation is 2. The van der Waals surface area contributed by atoms with Crippen LogP contribution in [0.3, 0.4) is 0 Å². The van der Waals surface area contributed by atoms with E-state index in [4.69, 9.17) is 11.5 Å². The molecule has 7 N–H and O–H groups in total. The fraction of sp³-hybridized carbons (Fsp3) is 0.300. The molecule has 2 heterocycles. The van der Waals surface area contributed by atoms with Gasteiger partial charge in [-0.15, -0.1) is 0 Å². The lowest BCUT2D eigenvalue weighted by Crippen LogP contribution is -2.40. The van der Waals surface area contributed by atoms with Gasteiger partial charge in [0.2, 0.25) is 5.95 Å². The summed E-state index contributed by atoms with van der Waals surface area (Å²) in [6.45, 7) is 1.82. The summed E-state index contributed by atoms with van der Waals surface area (Å²) in [6.07, 6.45) is 3.48. The number of rotatable bonds is 8. The smallest absolute Gasteiger partial charge is 0.326 e. The molecule has 162 valence electrons. The number of phenolic OH excluding ortho intramolecular Hbond substituents is 1. The van der Waals surface area contributed by atoms with Gasteiger partial charge in [0.05, 0.1) is 17.5 Å². The summed E-state index contributed by atoms with van der Waals surface area (Å²) in [5.74, 6) is -1.81.